The average Bonchev–Trinajstić information content (AvgIpc) is 2.79. The smallest absolute Gasteiger partial charge is 0.231 e. The maximum atomic E-state index is 6.16. The van der Waals surface area contributed by atoms with Crippen molar-refractivity contribution in [3.8, 4) is 0 Å². The van der Waals surface area contributed by atoms with Crippen LogP contribution in [0.4, 0.5) is 0 Å². The molecule has 0 bridgehead atoms. The van der Waals surface area contributed by atoms with Crippen molar-refractivity contribution >= 4 is 17.8 Å². The van der Waals surface area contributed by atoms with Crippen LogP contribution in [-0.4, -0.2) is 10.8 Å². The Hall–Kier alpha value is -1.35. The molecule has 4 heteroatoms. The second-order valence-corrected chi connectivity index (χ2v) is 4.55. The highest BCUT2D eigenvalue weighted by atomic mass is 35.5. The molecular formula is C14H13Cl2N2+. The van der Waals surface area contributed by atoms with Gasteiger partial charge in [-0.05, 0) is 12.1 Å². The molecule has 0 aromatic heterocycles. The quantitative estimate of drug-likeness (QED) is 0.645. The Morgan fingerprint density at radius 2 is 2.00 bits per heavy atom. The zero-order valence-corrected chi connectivity index (χ0v) is 11.2. The van der Waals surface area contributed by atoms with Gasteiger partial charge in [-0.15, -0.1) is 0 Å². The summed E-state index contributed by atoms with van der Waals surface area (Å²) < 4.78 is 2.16. The molecule has 3 rings (SSSR count). The number of rotatable bonds is 2. The molecule has 0 aliphatic carbocycles. The molecule has 2 aliphatic heterocycles. The minimum Gasteiger partial charge on any atom is -1.00 e. The fourth-order valence-corrected chi connectivity index (χ4v) is 2.23. The molecule has 1 aromatic carbocycles. The third-order valence-corrected chi connectivity index (χ3v) is 3.31. The molecule has 0 saturated heterocycles. The van der Waals surface area contributed by atoms with Crippen LogP contribution in [0.15, 0.2) is 60.7 Å². The standard InChI is InChI=1S/C14H12ClN2.ClH/c15-14-6-2-1-4-12(14)10-16-8-9-17-7-3-5-13(17)11-16;/h1-9,11H,10H2;1H/q+1;. The van der Waals surface area contributed by atoms with Gasteiger partial charge in [0.2, 0.25) is 18.1 Å². The first-order valence-electron chi connectivity index (χ1n) is 5.61. The van der Waals surface area contributed by atoms with Crippen LogP contribution < -0.4 is 17.3 Å². The SMILES string of the molecule is Clc1ccccc1C[N+]1=CC2=CC=C[NH+]2C=C1.[Cl-]. The van der Waals surface area contributed by atoms with Crippen molar-refractivity contribution in [3.05, 3.63) is 71.3 Å². The van der Waals surface area contributed by atoms with E-state index in [0.717, 1.165) is 17.1 Å². The Bertz CT molecular complexity index is 571. The van der Waals surface area contributed by atoms with E-state index in [0.29, 0.717) is 0 Å². The number of hydrogen-bond donors (Lipinski definition) is 1. The minimum atomic E-state index is 0. The van der Waals surface area contributed by atoms with Gasteiger partial charge in [0, 0.05) is 11.6 Å². The molecule has 1 atom stereocenters. The highest BCUT2D eigenvalue weighted by molar-refractivity contribution is 6.31. The number of nitrogens with zero attached hydrogens (tertiary/aromatic N) is 1. The lowest BCUT2D eigenvalue weighted by atomic mass is 10.2. The summed E-state index contributed by atoms with van der Waals surface area (Å²) in [6.45, 7) is 0.806. The van der Waals surface area contributed by atoms with Gasteiger partial charge in [-0.25, -0.2) is 4.90 Å². The molecular weight excluding hydrogens is 267 g/mol. The third kappa shape index (κ3) is 2.56. The third-order valence-electron chi connectivity index (χ3n) is 2.95. The van der Waals surface area contributed by atoms with Gasteiger partial charge < -0.3 is 12.4 Å². The summed E-state index contributed by atoms with van der Waals surface area (Å²) in [6.07, 6.45) is 12.7. The summed E-state index contributed by atoms with van der Waals surface area (Å²) >= 11 is 6.16. The molecule has 0 amide bonds. The summed E-state index contributed by atoms with van der Waals surface area (Å²) in [7, 11) is 0. The van der Waals surface area contributed by atoms with Gasteiger partial charge >= 0.3 is 0 Å². The van der Waals surface area contributed by atoms with E-state index in [9.17, 15) is 0 Å². The Labute approximate surface area is 118 Å². The first-order chi connectivity index (χ1) is 8.33. The van der Waals surface area contributed by atoms with Crippen molar-refractivity contribution in [2.45, 2.75) is 6.54 Å². The van der Waals surface area contributed by atoms with Gasteiger partial charge in [0.15, 0.2) is 12.7 Å². The summed E-state index contributed by atoms with van der Waals surface area (Å²) in [6, 6.07) is 7.96. The molecule has 92 valence electrons. The average molecular weight is 280 g/mol. The first-order valence-corrected chi connectivity index (χ1v) is 5.99. The van der Waals surface area contributed by atoms with Crippen LogP contribution in [0.1, 0.15) is 5.56 Å². The maximum Gasteiger partial charge on any atom is 0.231 e. The van der Waals surface area contributed by atoms with Crippen molar-refractivity contribution in [1.82, 2.24) is 0 Å². The largest absolute Gasteiger partial charge is 1.00 e. The van der Waals surface area contributed by atoms with Crippen LogP contribution in [-0.2, 0) is 6.54 Å². The van der Waals surface area contributed by atoms with E-state index in [2.05, 4.69) is 47.6 Å². The van der Waals surface area contributed by atoms with Crippen molar-refractivity contribution < 1.29 is 21.9 Å². The molecule has 18 heavy (non-hydrogen) atoms. The number of halogens is 2. The van der Waals surface area contributed by atoms with Crippen molar-refractivity contribution in [1.29, 1.82) is 0 Å². The Morgan fingerprint density at radius 1 is 1.17 bits per heavy atom. The van der Waals surface area contributed by atoms with Crippen LogP contribution in [0, 0.1) is 0 Å². The molecule has 2 heterocycles. The lowest BCUT2D eigenvalue weighted by molar-refractivity contribution is -0.746. The predicted molar refractivity (Wildman–Crippen MR) is 68.8 cm³/mol. The normalized spacial score (nSPS) is 19.9. The van der Waals surface area contributed by atoms with E-state index in [1.54, 1.807) is 0 Å². The van der Waals surface area contributed by atoms with Crippen molar-refractivity contribution in [2.75, 3.05) is 0 Å². The number of quaternary nitrogens is 1. The number of fused-ring (bicyclic) bond motifs is 1. The maximum absolute atomic E-state index is 6.16. The Balaban J connectivity index is 0.00000120. The molecule has 0 radical (unpaired) electrons. The van der Waals surface area contributed by atoms with E-state index in [-0.39, 0.29) is 12.4 Å². The summed E-state index contributed by atoms with van der Waals surface area (Å²) in [5, 5.41) is 0.822. The van der Waals surface area contributed by atoms with Crippen LogP contribution in [0.3, 0.4) is 0 Å². The van der Waals surface area contributed by atoms with E-state index in [1.807, 2.05) is 18.2 Å². The van der Waals surface area contributed by atoms with E-state index in [1.165, 1.54) is 10.6 Å². The van der Waals surface area contributed by atoms with Crippen LogP contribution >= 0.6 is 11.6 Å². The monoisotopic (exact) mass is 279 g/mol. The molecule has 0 fully saturated rings. The molecule has 1 unspecified atom stereocenters. The van der Waals surface area contributed by atoms with Gasteiger partial charge in [-0.2, -0.15) is 4.58 Å². The van der Waals surface area contributed by atoms with Crippen LogP contribution in [0.5, 0.6) is 0 Å². The van der Waals surface area contributed by atoms with Crippen molar-refractivity contribution in [2.24, 2.45) is 0 Å². The Morgan fingerprint density at radius 3 is 2.83 bits per heavy atom. The second kappa shape index (κ2) is 5.53. The van der Waals surface area contributed by atoms with E-state index >= 15 is 0 Å². The van der Waals surface area contributed by atoms with Gasteiger partial charge in [0.25, 0.3) is 0 Å². The zero-order valence-electron chi connectivity index (χ0n) is 9.68. The summed E-state index contributed by atoms with van der Waals surface area (Å²) in [5.41, 5.74) is 2.41. The van der Waals surface area contributed by atoms with Crippen LogP contribution in [0.2, 0.25) is 5.02 Å². The van der Waals surface area contributed by atoms with Gasteiger partial charge in [-0.3, -0.25) is 0 Å². The van der Waals surface area contributed by atoms with Gasteiger partial charge in [0.05, 0.1) is 5.02 Å². The zero-order chi connectivity index (χ0) is 11.7. The lowest BCUT2D eigenvalue weighted by Gasteiger charge is -2.08. The van der Waals surface area contributed by atoms with Gasteiger partial charge in [-0.1, -0.05) is 29.8 Å². The molecule has 1 aromatic rings. The fourth-order valence-electron chi connectivity index (χ4n) is 2.04. The van der Waals surface area contributed by atoms with Gasteiger partial charge in [0.1, 0.15) is 6.20 Å². The topological polar surface area (TPSA) is 7.45 Å². The molecule has 2 aliphatic rings. The van der Waals surface area contributed by atoms with E-state index < -0.39 is 0 Å². The summed E-state index contributed by atoms with van der Waals surface area (Å²) in [5.74, 6) is 0. The number of benzene rings is 1. The second-order valence-electron chi connectivity index (χ2n) is 4.15. The Kier molecular flexibility index (Phi) is 4.02. The molecule has 0 saturated carbocycles. The summed E-state index contributed by atoms with van der Waals surface area (Å²) in [4.78, 5) is 1.28. The lowest BCUT2D eigenvalue weighted by Crippen LogP contribution is -3.00. The highest BCUT2D eigenvalue weighted by Crippen LogP contribution is 2.15. The number of allylic oxidation sites excluding steroid dienone is 3. The predicted octanol–water partition coefficient (Wildman–Crippen LogP) is -1.29. The molecule has 0 spiro atoms. The van der Waals surface area contributed by atoms with Crippen molar-refractivity contribution in [3.63, 3.8) is 0 Å². The molecule has 2 nitrogen and oxygen atoms in total. The fraction of sp³-hybridized carbons (Fsp3) is 0.0714. The first kappa shape index (κ1) is 13.1. The van der Waals surface area contributed by atoms with Crippen LogP contribution in [0.25, 0.3) is 0 Å². The minimum absolute atomic E-state index is 0. The number of nitrogens with one attached hydrogen (secondary N) is 1. The number of hydrogen-bond acceptors (Lipinski definition) is 0. The molecule has 1 N–H and O–H groups in total. The van der Waals surface area contributed by atoms with E-state index in [4.69, 9.17) is 11.6 Å². The highest BCUT2D eigenvalue weighted by Gasteiger charge is 2.22.